The smallest absolute Gasteiger partial charge is 0.335 e. The number of hydrogen-bond donors (Lipinski definition) is 1. The monoisotopic (exact) mass is 650 g/mol. The van der Waals surface area contributed by atoms with E-state index in [2.05, 4.69) is 27.9 Å². The summed E-state index contributed by atoms with van der Waals surface area (Å²) in [5.41, 5.74) is 2.42. The summed E-state index contributed by atoms with van der Waals surface area (Å²) in [7, 11) is 0. The molecular formula is C27H21Cl2IN2O5. The second-order valence-corrected chi connectivity index (χ2v) is 10.1. The van der Waals surface area contributed by atoms with E-state index >= 15 is 0 Å². The van der Waals surface area contributed by atoms with E-state index in [1.54, 1.807) is 42.5 Å². The Bertz CT molecular complexity index is 1440. The highest BCUT2D eigenvalue weighted by Crippen LogP contribution is 2.36. The Labute approximate surface area is 237 Å². The molecule has 0 saturated carbocycles. The third-order valence-electron chi connectivity index (χ3n) is 5.37. The fourth-order valence-electron chi connectivity index (χ4n) is 3.68. The molecule has 0 atom stereocenters. The van der Waals surface area contributed by atoms with Gasteiger partial charge in [-0.05, 0) is 95.6 Å². The summed E-state index contributed by atoms with van der Waals surface area (Å²) in [5.74, 6) is -0.540. The molecule has 1 heterocycles. The Morgan fingerprint density at radius 3 is 2.49 bits per heavy atom. The molecule has 1 aliphatic heterocycles. The van der Waals surface area contributed by atoms with Crippen LogP contribution in [0.2, 0.25) is 10.0 Å². The number of barbiturate groups is 1. The zero-order valence-electron chi connectivity index (χ0n) is 19.8. The number of halogens is 3. The molecule has 37 heavy (non-hydrogen) atoms. The fraction of sp³-hybridized carbons (Fsp3) is 0.148. The minimum absolute atomic E-state index is 0.177. The van der Waals surface area contributed by atoms with Crippen molar-refractivity contribution in [1.29, 1.82) is 0 Å². The standard InChI is InChI=1S/C27H21Cl2IN2O5/c1-3-36-23-13-17(12-22(30)24(23)37-14-16-7-8-20(28)21(29)11-16)10-19-25(33)31-27(35)32(26(19)34)18-6-4-5-15(2)9-18/h4-13H,3,14H2,1-2H3,(H,31,33,35)/b19-10+. The SMILES string of the molecule is CCOc1cc(/C=C2\C(=O)NC(=O)N(c3cccc(C)c3)C2=O)cc(I)c1OCc1ccc(Cl)c(Cl)c1. The normalized spacial score (nSPS) is 14.7. The second-order valence-electron chi connectivity index (χ2n) is 8.10. The largest absolute Gasteiger partial charge is 0.490 e. The van der Waals surface area contributed by atoms with Crippen LogP contribution < -0.4 is 19.7 Å². The summed E-state index contributed by atoms with van der Waals surface area (Å²) in [6, 6.07) is 14.8. The van der Waals surface area contributed by atoms with Crippen molar-refractivity contribution in [3.8, 4) is 11.5 Å². The van der Waals surface area contributed by atoms with Crippen molar-refractivity contribution in [1.82, 2.24) is 5.32 Å². The number of anilines is 1. The zero-order chi connectivity index (χ0) is 26.7. The predicted molar refractivity (Wildman–Crippen MR) is 151 cm³/mol. The Kier molecular flexibility index (Phi) is 8.41. The maximum atomic E-state index is 13.2. The number of amides is 4. The van der Waals surface area contributed by atoms with Gasteiger partial charge in [0.1, 0.15) is 12.2 Å². The van der Waals surface area contributed by atoms with E-state index in [4.69, 9.17) is 32.7 Å². The molecule has 4 rings (SSSR count). The Balaban J connectivity index is 1.66. The number of carbonyl (C=O) groups excluding carboxylic acids is 3. The lowest BCUT2D eigenvalue weighted by Crippen LogP contribution is -2.54. The number of nitrogens with zero attached hydrogens (tertiary/aromatic N) is 1. The highest BCUT2D eigenvalue weighted by Gasteiger charge is 2.37. The third-order valence-corrected chi connectivity index (χ3v) is 6.91. The molecule has 0 unspecified atom stereocenters. The molecule has 10 heteroatoms. The number of aryl methyl sites for hydroxylation is 1. The van der Waals surface area contributed by atoms with Crippen LogP contribution in [0.1, 0.15) is 23.6 Å². The van der Waals surface area contributed by atoms with Crippen LogP contribution in [0.25, 0.3) is 6.08 Å². The van der Waals surface area contributed by atoms with Crippen LogP contribution >= 0.6 is 45.8 Å². The van der Waals surface area contributed by atoms with E-state index < -0.39 is 17.8 Å². The van der Waals surface area contributed by atoms with E-state index in [-0.39, 0.29) is 12.2 Å². The first-order valence-corrected chi connectivity index (χ1v) is 13.0. The van der Waals surface area contributed by atoms with Crippen molar-refractivity contribution in [2.24, 2.45) is 0 Å². The topological polar surface area (TPSA) is 84.9 Å². The number of ether oxygens (including phenoxy) is 2. The van der Waals surface area contributed by atoms with Gasteiger partial charge in [0.15, 0.2) is 11.5 Å². The lowest BCUT2D eigenvalue weighted by atomic mass is 10.1. The van der Waals surface area contributed by atoms with Crippen LogP contribution in [0.3, 0.4) is 0 Å². The second kappa shape index (κ2) is 11.5. The molecule has 190 valence electrons. The summed E-state index contributed by atoms with van der Waals surface area (Å²) in [5, 5.41) is 3.13. The van der Waals surface area contributed by atoms with E-state index in [0.29, 0.717) is 43.0 Å². The minimum atomic E-state index is -0.798. The molecule has 0 spiro atoms. The van der Waals surface area contributed by atoms with Crippen molar-refractivity contribution < 1.29 is 23.9 Å². The van der Waals surface area contributed by atoms with Gasteiger partial charge in [-0.15, -0.1) is 0 Å². The van der Waals surface area contributed by atoms with E-state index in [1.165, 1.54) is 6.08 Å². The number of rotatable bonds is 7. The highest BCUT2D eigenvalue weighted by atomic mass is 127. The molecule has 1 fully saturated rings. The molecule has 1 N–H and O–H groups in total. The maximum Gasteiger partial charge on any atom is 0.335 e. The van der Waals surface area contributed by atoms with E-state index in [9.17, 15) is 14.4 Å². The first-order valence-electron chi connectivity index (χ1n) is 11.2. The van der Waals surface area contributed by atoms with Gasteiger partial charge in [-0.2, -0.15) is 0 Å². The lowest BCUT2D eigenvalue weighted by Gasteiger charge is -2.26. The quantitative estimate of drug-likeness (QED) is 0.178. The summed E-state index contributed by atoms with van der Waals surface area (Å²) in [4.78, 5) is 39.3. The Morgan fingerprint density at radius 1 is 1.00 bits per heavy atom. The molecule has 0 radical (unpaired) electrons. The molecule has 1 aliphatic rings. The van der Waals surface area contributed by atoms with Crippen molar-refractivity contribution in [2.75, 3.05) is 11.5 Å². The summed E-state index contributed by atoms with van der Waals surface area (Å²) in [6.07, 6.45) is 1.43. The van der Waals surface area contributed by atoms with Gasteiger partial charge < -0.3 is 9.47 Å². The molecule has 1 saturated heterocycles. The van der Waals surface area contributed by atoms with Gasteiger partial charge >= 0.3 is 6.03 Å². The van der Waals surface area contributed by atoms with Crippen molar-refractivity contribution in [2.45, 2.75) is 20.5 Å². The number of urea groups is 1. The van der Waals surface area contributed by atoms with Crippen LogP contribution in [0.15, 0.2) is 60.2 Å². The molecule has 3 aromatic carbocycles. The van der Waals surface area contributed by atoms with Crippen molar-refractivity contribution in [3.05, 3.63) is 90.5 Å². The number of nitrogens with one attached hydrogen (secondary N) is 1. The lowest BCUT2D eigenvalue weighted by molar-refractivity contribution is -0.122. The van der Waals surface area contributed by atoms with E-state index in [1.807, 2.05) is 26.0 Å². The summed E-state index contributed by atoms with van der Waals surface area (Å²) < 4.78 is 12.5. The van der Waals surface area contributed by atoms with Crippen LogP contribution in [0.5, 0.6) is 11.5 Å². The zero-order valence-corrected chi connectivity index (χ0v) is 23.5. The molecule has 0 bridgehead atoms. The molecule has 7 nitrogen and oxygen atoms in total. The summed E-state index contributed by atoms with van der Waals surface area (Å²) >= 11 is 14.2. The van der Waals surface area contributed by atoms with Gasteiger partial charge in [-0.1, -0.05) is 41.4 Å². The first-order chi connectivity index (χ1) is 17.7. The number of carbonyl (C=O) groups is 3. The molecule has 3 aromatic rings. The molecule has 4 amide bonds. The number of benzene rings is 3. The van der Waals surface area contributed by atoms with Gasteiger partial charge in [0.2, 0.25) is 0 Å². The fourth-order valence-corrected chi connectivity index (χ4v) is 4.79. The van der Waals surface area contributed by atoms with Crippen LogP contribution in [-0.4, -0.2) is 24.5 Å². The first kappa shape index (κ1) is 27.0. The minimum Gasteiger partial charge on any atom is -0.490 e. The van der Waals surface area contributed by atoms with Crippen LogP contribution in [0.4, 0.5) is 10.5 Å². The number of imide groups is 2. The van der Waals surface area contributed by atoms with E-state index in [0.717, 1.165) is 16.0 Å². The third kappa shape index (κ3) is 6.08. The van der Waals surface area contributed by atoms with Gasteiger partial charge in [-0.25, -0.2) is 9.69 Å². The average Bonchev–Trinajstić information content (AvgIpc) is 2.83. The van der Waals surface area contributed by atoms with Crippen LogP contribution in [0, 0.1) is 10.5 Å². The Hall–Kier alpha value is -3.08. The van der Waals surface area contributed by atoms with Crippen molar-refractivity contribution in [3.63, 3.8) is 0 Å². The van der Waals surface area contributed by atoms with Crippen molar-refractivity contribution >= 4 is 75.4 Å². The number of hydrogen-bond acceptors (Lipinski definition) is 5. The van der Waals surface area contributed by atoms with Gasteiger partial charge in [0.05, 0.1) is 25.9 Å². The molecule has 0 aliphatic carbocycles. The maximum absolute atomic E-state index is 13.2. The predicted octanol–water partition coefficient (Wildman–Crippen LogP) is 6.55. The molecular weight excluding hydrogens is 630 g/mol. The van der Waals surface area contributed by atoms with Gasteiger partial charge in [-0.3, -0.25) is 14.9 Å². The van der Waals surface area contributed by atoms with Crippen LogP contribution in [-0.2, 0) is 16.2 Å². The molecule has 0 aromatic heterocycles. The van der Waals surface area contributed by atoms with Gasteiger partial charge in [0, 0.05) is 0 Å². The highest BCUT2D eigenvalue weighted by molar-refractivity contribution is 14.1. The summed E-state index contributed by atoms with van der Waals surface area (Å²) in [6.45, 7) is 4.28. The van der Waals surface area contributed by atoms with Gasteiger partial charge in [0.25, 0.3) is 11.8 Å². The Morgan fingerprint density at radius 2 is 1.78 bits per heavy atom. The average molecular weight is 651 g/mol.